The van der Waals surface area contributed by atoms with Crippen molar-refractivity contribution in [1.29, 1.82) is 0 Å². The zero-order chi connectivity index (χ0) is 56.4. The molecule has 6 nitrogen and oxygen atoms in total. The Morgan fingerprint density at radius 2 is 0.500 bits per heavy atom. The Bertz CT molecular complexity index is 1670. The molecule has 0 aromatic rings. The number of unbranched alkanes of at least 4 members (excludes halogenated alkanes) is 24. The minimum atomic E-state index is -0.810. The van der Waals surface area contributed by atoms with Crippen LogP contribution in [0.15, 0.2) is 134 Å². The first-order chi connectivity index (χ1) is 38.5. The molecule has 0 heterocycles. The molecule has 0 N–H and O–H groups in total. The van der Waals surface area contributed by atoms with Gasteiger partial charge in [0.25, 0.3) is 0 Å². The van der Waals surface area contributed by atoms with E-state index in [1.165, 1.54) is 109 Å². The molecule has 78 heavy (non-hydrogen) atoms. The van der Waals surface area contributed by atoms with Crippen LogP contribution >= 0.6 is 0 Å². The van der Waals surface area contributed by atoms with Crippen molar-refractivity contribution in [3.63, 3.8) is 0 Å². The van der Waals surface area contributed by atoms with Gasteiger partial charge in [-0.05, 0) is 141 Å². The third kappa shape index (κ3) is 62.4. The largest absolute Gasteiger partial charge is 0.462 e. The van der Waals surface area contributed by atoms with E-state index in [1.54, 1.807) is 0 Å². The molecule has 0 amide bonds. The molecule has 0 aliphatic heterocycles. The molecule has 0 fully saturated rings. The van der Waals surface area contributed by atoms with E-state index < -0.39 is 6.10 Å². The van der Waals surface area contributed by atoms with Gasteiger partial charge in [-0.2, -0.15) is 0 Å². The van der Waals surface area contributed by atoms with Gasteiger partial charge in [0.15, 0.2) is 6.10 Å². The third-order valence-corrected chi connectivity index (χ3v) is 13.4. The van der Waals surface area contributed by atoms with Gasteiger partial charge in [-0.25, -0.2) is 0 Å². The number of carbonyl (C=O) groups is 3. The maximum atomic E-state index is 12.9. The van der Waals surface area contributed by atoms with Gasteiger partial charge in [-0.1, -0.05) is 257 Å². The molecule has 0 bridgehead atoms. The molecule has 6 heteroatoms. The van der Waals surface area contributed by atoms with E-state index in [4.69, 9.17) is 14.2 Å². The summed E-state index contributed by atoms with van der Waals surface area (Å²) in [5, 5.41) is 0. The number of esters is 3. The summed E-state index contributed by atoms with van der Waals surface area (Å²) in [6.45, 7) is 6.46. The molecule has 1 unspecified atom stereocenters. The van der Waals surface area contributed by atoms with Gasteiger partial charge < -0.3 is 14.2 Å². The van der Waals surface area contributed by atoms with E-state index in [0.717, 1.165) is 128 Å². The fourth-order valence-electron chi connectivity index (χ4n) is 8.54. The first-order valence-electron chi connectivity index (χ1n) is 32.2. The highest BCUT2D eigenvalue weighted by molar-refractivity contribution is 5.71. The average molecular weight is 1080 g/mol. The van der Waals surface area contributed by atoms with Crippen LogP contribution in [0.4, 0.5) is 0 Å². The minimum absolute atomic E-state index is 0.103. The van der Waals surface area contributed by atoms with Crippen LogP contribution in [0.3, 0.4) is 0 Å². The van der Waals surface area contributed by atoms with Crippen LogP contribution < -0.4 is 0 Å². The van der Waals surface area contributed by atoms with Crippen LogP contribution in [0.25, 0.3) is 0 Å². The van der Waals surface area contributed by atoms with Crippen LogP contribution in [-0.4, -0.2) is 37.2 Å². The normalized spacial score (nSPS) is 13.0. The zero-order valence-corrected chi connectivity index (χ0v) is 50.6. The summed E-state index contributed by atoms with van der Waals surface area (Å²) in [7, 11) is 0. The molecule has 442 valence electrons. The summed E-state index contributed by atoms with van der Waals surface area (Å²) in [6, 6.07) is 0. The van der Waals surface area contributed by atoms with E-state index in [0.29, 0.717) is 25.7 Å². The predicted molar refractivity (Wildman–Crippen MR) is 339 cm³/mol. The average Bonchev–Trinajstić information content (AvgIpc) is 3.44. The van der Waals surface area contributed by atoms with Crippen LogP contribution in [0.2, 0.25) is 0 Å². The lowest BCUT2D eigenvalue weighted by atomic mass is 10.1. The fourth-order valence-corrected chi connectivity index (χ4v) is 8.54. The van der Waals surface area contributed by atoms with Crippen molar-refractivity contribution in [1.82, 2.24) is 0 Å². The summed E-state index contributed by atoms with van der Waals surface area (Å²) in [5.74, 6) is -0.962. The molecule has 0 saturated heterocycles. The van der Waals surface area contributed by atoms with Crippen molar-refractivity contribution in [3.8, 4) is 0 Å². The first kappa shape index (κ1) is 73.5. The molecule has 0 aromatic heterocycles. The molecule has 0 spiro atoms. The maximum Gasteiger partial charge on any atom is 0.306 e. The highest BCUT2D eigenvalue weighted by Crippen LogP contribution is 2.14. The van der Waals surface area contributed by atoms with Gasteiger partial charge in [0, 0.05) is 19.3 Å². The number of allylic oxidation sites excluding steroid dienone is 22. The summed E-state index contributed by atoms with van der Waals surface area (Å²) in [5.41, 5.74) is 0. The number of rotatable bonds is 57. The maximum absolute atomic E-state index is 12.9. The van der Waals surface area contributed by atoms with E-state index >= 15 is 0 Å². The van der Waals surface area contributed by atoms with Gasteiger partial charge in [-0.15, -0.1) is 0 Å². The van der Waals surface area contributed by atoms with Gasteiger partial charge in [0.1, 0.15) is 13.2 Å². The van der Waals surface area contributed by atoms with Gasteiger partial charge in [0.05, 0.1) is 0 Å². The Morgan fingerprint density at radius 1 is 0.269 bits per heavy atom. The van der Waals surface area contributed by atoms with E-state index in [-0.39, 0.29) is 31.1 Å². The highest BCUT2D eigenvalue weighted by Gasteiger charge is 2.19. The second kappa shape index (κ2) is 65.1. The Balaban J connectivity index is 4.48. The second-order valence-electron chi connectivity index (χ2n) is 20.9. The van der Waals surface area contributed by atoms with Gasteiger partial charge in [0.2, 0.25) is 0 Å². The lowest BCUT2D eigenvalue weighted by molar-refractivity contribution is -0.167. The fraction of sp³-hybridized carbons (Fsp3) is 0.653. The summed E-state index contributed by atoms with van der Waals surface area (Å²) in [4.78, 5) is 38.3. The van der Waals surface area contributed by atoms with Gasteiger partial charge in [-0.3, -0.25) is 14.4 Å². The number of hydrogen-bond donors (Lipinski definition) is 0. The molecule has 0 rings (SSSR count). The van der Waals surface area contributed by atoms with E-state index in [9.17, 15) is 14.4 Å². The zero-order valence-electron chi connectivity index (χ0n) is 50.6. The predicted octanol–water partition coefficient (Wildman–Crippen LogP) is 22.2. The van der Waals surface area contributed by atoms with Crippen molar-refractivity contribution in [2.45, 2.75) is 290 Å². The first-order valence-corrected chi connectivity index (χ1v) is 32.2. The lowest BCUT2D eigenvalue weighted by Gasteiger charge is -2.18. The molecule has 0 aliphatic carbocycles. The van der Waals surface area contributed by atoms with Crippen LogP contribution in [-0.2, 0) is 28.6 Å². The smallest absolute Gasteiger partial charge is 0.306 e. The molecule has 0 radical (unpaired) electrons. The minimum Gasteiger partial charge on any atom is -0.462 e. The topological polar surface area (TPSA) is 78.9 Å². The van der Waals surface area contributed by atoms with Gasteiger partial charge >= 0.3 is 17.9 Å². The Kier molecular flexibility index (Phi) is 61.4. The van der Waals surface area contributed by atoms with Crippen molar-refractivity contribution in [2.75, 3.05) is 13.2 Å². The number of ether oxygens (including phenoxy) is 3. The highest BCUT2D eigenvalue weighted by atomic mass is 16.6. The van der Waals surface area contributed by atoms with Crippen molar-refractivity contribution >= 4 is 17.9 Å². The lowest BCUT2D eigenvalue weighted by Crippen LogP contribution is -2.30. The monoisotopic (exact) mass is 1080 g/mol. The summed E-state index contributed by atoms with van der Waals surface area (Å²) in [6.07, 6.45) is 91.6. The molecular weight excluding hydrogens is 961 g/mol. The molecular formula is C72H118O6. The van der Waals surface area contributed by atoms with Crippen LogP contribution in [0.1, 0.15) is 284 Å². The molecule has 1 atom stereocenters. The standard InChI is InChI=1S/C72H118O6/c1-4-7-10-13-16-19-22-25-28-30-32-33-34-35-36-37-38-39-40-42-44-47-50-53-56-59-62-65-71(74)77-68-69(67-76-70(73)64-61-58-55-52-49-46-43-27-24-21-18-15-12-9-6-3)78-72(75)66-63-60-57-54-51-48-45-41-31-29-26-23-20-17-14-11-8-5-2/h7,10,16,19-20,23,25,27-29,31-33,35-36,38-39,42-44,50,53,69H,4-6,8-9,11-15,17-18,21-22,24,26,30,34,37,40-41,45-49,51-52,54-68H2,1-3H3/b10-7-,19-16-,23-20-,28-25-,31-29-,33-32-,36-35-,39-38-,43-27-,44-42-,53-50-. The van der Waals surface area contributed by atoms with Crippen molar-refractivity contribution in [2.24, 2.45) is 0 Å². The summed E-state index contributed by atoms with van der Waals surface area (Å²) < 4.78 is 16.9. The van der Waals surface area contributed by atoms with Crippen LogP contribution in [0.5, 0.6) is 0 Å². The Morgan fingerprint density at radius 3 is 0.833 bits per heavy atom. The second-order valence-corrected chi connectivity index (χ2v) is 20.9. The number of carbonyl (C=O) groups excluding carboxylic acids is 3. The molecule has 0 aromatic carbocycles. The Hall–Kier alpha value is -4.45. The van der Waals surface area contributed by atoms with Crippen molar-refractivity contribution in [3.05, 3.63) is 134 Å². The van der Waals surface area contributed by atoms with Crippen LogP contribution in [0, 0.1) is 0 Å². The molecule has 0 saturated carbocycles. The number of hydrogen-bond acceptors (Lipinski definition) is 6. The van der Waals surface area contributed by atoms with E-state index in [1.807, 2.05) is 0 Å². The quantitative estimate of drug-likeness (QED) is 0.0261. The van der Waals surface area contributed by atoms with E-state index in [2.05, 4.69) is 154 Å². The van der Waals surface area contributed by atoms with Crippen molar-refractivity contribution < 1.29 is 28.6 Å². The summed E-state index contributed by atoms with van der Waals surface area (Å²) >= 11 is 0. The molecule has 0 aliphatic rings. The third-order valence-electron chi connectivity index (χ3n) is 13.4. The Labute approximate surface area is 481 Å². The SMILES string of the molecule is CC/C=C\C/C=C\C/C=C\C/C=C\C/C=C\C/C=C\C/C=C\C/C=C\CCCCC(=O)OCC(COC(=O)CCCCCCC/C=C\CCCCCCCC)OC(=O)CCCCCCCCC/C=C\C/C=C\CCCCCC.